The molecule has 1 saturated carbocycles. The van der Waals surface area contributed by atoms with Gasteiger partial charge >= 0.3 is 0 Å². The van der Waals surface area contributed by atoms with Crippen molar-refractivity contribution in [3.05, 3.63) is 0 Å². The average Bonchev–Trinajstić information content (AvgIpc) is 2.71. The average molecular weight is 413 g/mol. The zero-order valence-electron chi connectivity index (χ0n) is 18.6. The summed E-state index contributed by atoms with van der Waals surface area (Å²) in [5.74, 6) is 0.346. The number of nitrogens with zero attached hydrogens (tertiary/aromatic N) is 1. The number of likely N-dealkylation sites (tertiary alicyclic amines) is 1. The molecule has 29 heavy (non-hydrogen) atoms. The van der Waals surface area contributed by atoms with Gasteiger partial charge in [0.15, 0.2) is 0 Å². The molecule has 2 rings (SSSR count). The van der Waals surface area contributed by atoms with Crippen LogP contribution >= 0.6 is 0 Å². The maximum absolute atomic E-state index is 13.3. The van der Waals surface area contributed by atoms with E-state index >= 15 is 0 Å². The highest BCUT2D eigenvalue weighted by Gasteiger charge is 2.34. The van der Waals surface area contributed by atoms with Crippen molar-refractivity contribution in [3.63, 3.8) is 0 Å². The summed E-state index contributed by atoms with van der Waals surface area (Å²) in [7, 11) is 1.69. The largest absolute Gasteiger partial charge is 0.393 e. The first-order valence-electron chi connectivity index (χ1n) is 11.2. The van der Waals surface area contributed by atoms with Gasteiger partial charge in [-0.25, -0.2) is 0 Å². The maximum atomic E-state index is 13.3. The lowest BCUT2D eigenvalue weighted by atomic mass is 9.88. The Balaban J connectivity index is 1.98. The van der Waals surface area contributed by atoms with Crippen molar-refractivity contribution in [2.45, 2.75) is 77.5 Å². The molecule has 168 valence electrons. The molecule has 0 bridgehead atoms. The Labute approximate surface area is 175 Å². The van der Waals surface area contributed by atoms with Gasteiger partial charge < -0.3 is 24.8 Å². The minimum Gasteiger partial charge on any atom is -0.393 e. The molecular formula is C22H40N2O5. The lowest BCUT2D eigenvalue weighted by Gasteiger charge is -2.37. The van der Waals surface area contributed by atoms with E-state index in [1.54, 1.807) is 7.11 Å². The highest BCUT2D eigenvalue weighted by molar-refractivity contribution is 5.88. The number of piperidine rings is 1. The van der Waals surface area contributed by atoms with Crippen molar-refractivity contribution in [1.29, 1.82) is 0 Å². The van der Waals surface area contributed by atoms with E-state index in [2.05, 4.69) is 5.32 Å². The van der Waals surface area contributed by atoms with Gasteiger partial charge in [0.1, 0.15) is 6.04 Å². The molecule has 1 aliphatic heterocycles. The highest BCUT2D eigenvalue weighted by atomic mass is 16.5. The van der Waals surface area contributed by atoms with E-state index < -0.39 is 12.1 Å². The van der Waals surface area contributed by atoms with E-state index in [4.69, 9.17) is 9.47 Å². The third kappa shape index (κ3) is 7.54. The summed E-state index contributed by atoms with van der Waals surface area (Å²) in [6.07, 6.45) is 4.91. The van der Waals surface area contributed by atoms with E-state index in [0.717, 1.165) is 38.5 Å². The Morgan fingerprint density at radius 1 is 1.07 bits per heavy atom. The van der Waals surface area contributed by atoms with Crippen molar-refractivity contribution in [2.24, 2.45) is 17.8 Å². The first-order valence-corrected chi connectivity index (χ1v) is 11.2. The smallest absolute Gasteiger partial charge is 0.247 e. The SMILES string of the molecule is COCC1CCCN(C(=O)C(NC(=O)C(C)C)C(C)OCC2CCC(O)CC2)C1. The fourth-order valence-corrected chi connectivity index (χ4v) is 4.23. The molecule has 3 unspecified atom stereocenters. The molecule has 0 aromatic carbocycles. The Hall–Kier alpha value is -1.18. The van der Waals surface area contributed by atoms with E-state index in [-0.39, 0.29) is 23.8 Å². The number of rotatable bonds is 9. The van der Waals surface area contributed by atoms with E-state index in [0.29, 0.717) is 38.1 Å². The molecule has 7 nitrogen and oxygen atoms in total. The minimum absolute atomic E-state index is 0.0635. The van der Waals surface area contributed by atoms with Gasteiger partial charge in [-0.15, -0.1) is 0 Å². The van der Waals surface area contributed by atoms with Crippen LogP contribution in [0.25, 0.3) is 0 Å². The first kappa shape index (κ1) is 24.1. The number of amides is 2. The predicted molar refractivity (Wildman–Crippen MR) is 111 cm³/mol. The van der Waals surface area contributed by atoms with Crippen LogP contribution < -0.4 is 5.32 Å². The molecule has 2 aliphatic rings. The normalized spacial score (nSPS) is 27.5. The number of aliphatic hydroxyl groups is 1. The third-order valence-corrected chi connectivity index (χ3v) is 6.20. The number of hydrogen-bond donors (Lipinski definition) is 2. The van der Waals surface area contributed by atoms with Crippen LogP contribution in [0.5, 0.6) is 0 Å². The molecule has 1 aliphatic carbocycles. The fourth-order valence-electron chi connectivity index (χ4n) is 4.23. The van der Waals surface area contributed by atoms with E-state index in [1.165, 1.54) is 0 Å². The number of nitrogens with one attached hydrogen (secondary N) is 1. The second-order valence-electron chi connectivity index (χ2n) is 9.10. The van der Waals surface area contributed by atoms with Crippen LogP contribution in [0.2, 0.25) is 0 Å². The quantitative estimate of drug-likeness (QED) is 0.604. The van der Waals surface area contributed by atoms with Crippen LogP contribution in [0.15, 0.2) is 0 Å². The summed E-state index contributed by atoms with van der Waals surface area (Å²) in [5.41, 5.74) is 0. The van der Waals surface area contributed by atoms with Gasteiger partial charge in [-0.05, 0) is 57.3 Å². The first-order chi connectivity index (χ1) is 13.8. The predicted octanol–water partition coefficient (Wildman–Crippen LogP) is 1.97. The van der Waals surface area contributed by atoms with E-state index in [9.17, 15) is 14.7 Å². The van der Waals surface area contributed by atoms with Crippen LogP contribution in [-0.4, -0.2) is 73.5 Å². The summed E-state index contributed by atoms with van der Waals surface area (Å²) in [6, 6.07) is -0.680. The van der Waals surface area contributed by atoms with Gasteiger partial charge in [0.05, 0.1) is 18.8 Å². The Kier molecular flexibility index (Phi) is 9.86. The second kappa shape index (κ2) is 11.9. The Bertz CT molecular complexity index is 517. The number of ether oxygens (including phenoxy) is 2. The summed E-state index contributed by atoms with van der Waals surface area (Å²) >= 11 is 0. The molecular weight excluding hydrogens is 372 g/mol. The third-order valence-electron chi connectivity index (χ3n) is 6.20. The molecule has 2 amide bonds. The summed E-state index contributed by atoms with van der Waals surface area (Å²) in [4.78, 5) is 27.5. The zero-order chi connectivity index (χ0) is 21.4. The topological polar surface area (TPSA) is 88.1 Å². The van der Waals surface area contributed by atoms with Gasteiger partial charge in [0.25, 0.3) is 0 Å². The lowest BCUT2D eigenvalue weighted by Crippen LogP contribution is -2.57. The van der Waals surface area contributed by atoms with Crippen molar-refractivity contribution < 1.29 is 24.2 Å². The highest BCUT2D eigenvalue weighted by Crippen LogP contribution is 2.25. The summed E-state index contributed by atoms with van der Waals surface area (Å²) in [6.45, 7) is 8.09. The van der Waals surface area contributed by atoms with Crippen molar-refractivity contribution in [2.75, 3.05) is 33.4 Å². The monoisotopic (exact) mass is 412 g/mol. The van der Waals surface area contributed by atoms with Crippen LogP contribution in [-0.2, 0) is 19.1 Å². The Morgan fingerprint density at radius 3 is 2.38 bits per heavy atom. The lowest BCUT2D eigenvalue weighted by molar-refractivity contribution is -0.143. The fraction of sp³-hybridized carbons (Fsp3) is 0.909. The molecule has 3 atom stereocenters. The van der Waals surface area contributed by atoms with Crippen molar-refractivity contribution in [3.8, 4) is 0 Å². The minimum atomic E-state index is -0.680. The molecule has 1 saturated heterocycles. The number of hydrogen-bond acceptors (Lipinski definition) is 5. The molecule has 2 N–H and O–H groups in total. The molecule has 0 aromatic rings. The molecule has 7 heteroatoms. The number of carbonyl (C=O) groups excluding carboxylic acids is 2. The van der Waals surface area contributed by atoms with Gasteiger partial charge in [-0.2, -0.15) is 0 Å². The molecule has 0 spiro atoms. The summed E-state index contributed by atoms with van der Waals surface area (Å²) in [5, 5.41) is 12.6. The van der Waals surface area contributed by atoms with Crippen LogP contribution in [0.1, 0.15) is 59.3 Å². The molecule has 0 radical (unpaired) electrons. The molecule has 2 fully saturated rings. The molecule has 1 heterocycles. The van der Waals surface area contributed by atoms with E-state index in [1.807, 2.05) is 25.7 Å². The second-order valence-corrected chi connectivity index (χ2v) is 9.10. The summed E-state index contributed by atoms with van der Waals surface area (Å²) < 4.78 is 11.4. The van der Waals surface area contributed by atoms with Crippen molar-refractivity contribution in [1.82, 2.24) is 10.2 Å². The zero-order valence-corrected chi connectivity index (χ0v) is 18.6. The Morgan fingerprint density at radius 2 is 1.76 bits per heavy atom. The van der Waals surface area contributed by atoms with Crippen molar-refractivity contribution >= 4 is 11.8 Å². The van der Waals surface area contributed by atoms with Crippen LogP contribution in [0.4, 0.5) is 0 Å². The maximum Gasteiger partial charge on any atom is 0.247 e. The van der Waals surface area contributed by atoms with Crippen LogP contribution in [0.3, 0.4) is 0 Å². The van der Waals surface area contributed by atoms with Gasteiger partial charge in [0, 0.05) is 32.7 Å². The number of methoxy groups -OCH3 is 1. The number of aliphatic hydroxyl groups excluding tert-OH is 1. The molecule has 0 aromatic heterocycles. The number of carbonyl (C=O) groups is 2. The standard InChI is InChI=1S/C22H40N2O5/c1-15(2)21(26)23-20(16(3)29-14-17-7-9-19(25)10-8-17)22(27)24-11-5-6-18(12-24)13-28-4/h15-20,25H,5-14H2,1-4H3,(H,23,26). The van der Waals surface area contributed by atoms with Gasteiger partial charge in [0.2, 0.25) is 11.8 Å². The van der Waals surface area contributed by atoms with Crippen LogP contribution in [0, 0.1) is 17.8 Å². The van der Waals surface area contributed by atoms with Gasteiger partial charge in [-0.1, -0.05) is 13.8 Å². The van der Waals surface area contributed by atoms with Gasteiger partial charge in [-0.3, -0.25) is 9.59 Å².